The molecule has 170 valence electrons. The molecule has 0 atom stereocenters. The highest BCUT2D eigenvalue weighted by molar-refractivity contribution is 7.92. The molecule has 0 radical (unpaired) electrons. The SMILES string of the molecule is CCN(CC)C(=O)c1cc(Cl)cc(S(=O)(=O)Nc2c(C)n(C)n(-c3ccccc3)c2=O)c1. The van der Waals surface area contributed by atoms with Crippen LogP contribution in [0.4, 0.5) is 5.69 Å². The van der Waals surface area contributed by atoms with Crippen molar-refractivity contribution in [1.82, 2.24) is 14.3 Å². The van der Waals surface area contributed by atoms with E-state index in [1.165, 1.54) is 22.9 Å². The number of para-hydroxylation sites is 1. The Morgan fingerprint density at radius 3 is 2.31 bits per heavy atom. The number of nitrogens with zero attached hydrogens (tertiary/aromatic N) is 3. The van der Waals surface area contributed by atoms with Crippen molar-refractivity contribution in [3.63, 3.8) is 0 Å². The molecule has 0 unspecified atom stereocenters. The number of amides is 1. The molecule has 2 aromatic carbocycles. The van der Waals surface area contributed by atoms with Gasteiger partial charge in [0.25, 0.3) is 21.5 Å². The van der Waals surface area contributed by atoms with Crippen LogP contribution < -0.4 is 10.3 Å². The molecule has 0 aliphatic carbocycles. The van der Waals surface area contributed by atoms with Crippen LogP contribution in [0.3, 0.4) is 0 Å². The summed E-state index contributed by atoms with van der Waals surface area (Å²) in [6.45, 7) is 6.27. The number of benzene rings is 2. The summed E-state index contributed by atoms with van der Waals surface area (Å²) < 4.78 is 31.6. The molecular weight excluding hydrogens is 452 g/mol. The molecule has 32 heavy (non-hydrogen) atoms. The van der Waals surface area contributed by atoms with Gasteiger partial charge in [-0.2, -0.15) is 0 Å². The lowest BCUT2D eigenvalue weighted by Crippen LogP contribution is -2.30. The number of hydrogen-bond donors (Lipinski definition) is 1. The van der Waals surface area contributed by atoms with Crippen LogP contribution in [-0.2, 0) is 17.1 Å². The van der Waals surface area contributed by atoms with Crippen molar-refractivity contribution in [3.8, 4) is 5.69 Å². The van der Waals surface area contributed by atoms with E-state index in [0.29, 0.717) is 24.5 Å². The summed E-state index contributed by atoms with van der Waals surface area (Å²) in [6.07, 6.45) is 0. The predicted octanol–water partition coefficient (Wildman–Crippen LogP) is 3.42. The van der Waals surface area contributed by atoms with Crippen molar-refractivity contribution in [1.29, 1.82) is 0 Å². The highest BCUT2D eigenvalue weighted by atomic mass is 35.5. The first-order valence-electron chi connectivity index (χ1n) is 10.1. The molecule has 1 amide bonds. The minimum absolute atomic E-state index is 0.0760. The first-order valence-corrected chi connectivity index (χ1v) is 11.9. The third-order valence-electron chi connectivity index (χ3n) is 5.27. The van der Waals surface area contributed by atoms with Crippen LogP contribution in [0.5, 0.6) is 0 Å². The van der Waals surface area contributed by atoms with Gasteiger partial charge >= 0.3 is 0 Å². The zero-order chi connectivity index (χ0) is 23.6. The maximum atomic E-state index is 13.1. The average Bonchev–Trinajstić information content (AvgIpc) is 2.97. The number of aromatic nitrogens is 2. The summed E-state index contributed by atoms with van der Waals surface area (Å²) in [5.74, 6) is -0.323. The third kappa shape index (κ3) is 4.44. The number of nitrogens with one attached hydrogen (secondary N) is 1. The van der Waals surface area contributed by atoms with Crippen molar-refractivity contribution in [2.45, 2.75) is 25.7 Å². The fraction of sp³-hybridized carbons (Fsp3) is 0.273. The molecule has 0 aliphatic heterocycles. The van der Waals surface area contributed by atoms with Crippen LogP contribution in [0.2, 0.25) is 5.02 Å². The molecule has 0 saturated heterocycles. The summed E-state index contributed by atoms with van der Waals surface area (Å²) >= 11 is 6.13. The number of rotatable bonds is 7. The van der Waals surface area contributed by atoms with Gasteiger partial charge in [-0.1, -0.05) is 29.8 Å². The van der Waals surface area contributed by atoms with Gasteiger partial charge in [0.15, 0.2) is 0 Å². The summed E-state index contributed by atoms with van der Waals surface area (Å²) in [6, 6.07) is 12.8. The summed E-state index contributed by atoms with van der Waals surface area (Å²) in [5.41, 5.74) is 0.606. The third-order valence-corrected chi connectivity index (χ3v) is 6.82. The molecule has 1 heterocycles. The molecule has 8 nitrogen and oxygen atoms in total. The smallest absolute Gasteiger partial charge is 0.296 e. The van der Waals surface area contributed by atoms with Crippen LogP contribution in [-0.4, -0.2) is 41.7 Å². The lowest BCUT2D eigenvalue weighted by molar-refractivity contribution is 0.0772. The monoisotopic (exact) mass is 476 g/mol. The Hall–Kier alpha value is -3.04. The number of anilines is 1. The van der Waals surface area contributed by atoms with Crippen molar-refractivity contribution >= 4 is 33.2 Å². The van der Waals surface area contributed by atoms with Gasteiger partial charge in [-0.05, 0) is 51.1 Å². The second-order valence-corrected chi connectivity index (χ2v) is 9.31. The van der Waals surface area contributed by atoms with Crippen LogP contribution in [0, 0.1) is 6.92 Å². The quantitative estimate of drug-likeness (QED) is 0.565. The Morgan fingerprint density at radius 2 is 1.72 bits per heavy atom. The fourth-order valence-corrected chi connectivity index (χ4v) is 4.90. The summed E-state index contributed by atoms with van der Waals surface area (Å²) in [4.78, 5) is 27.1. The second kappa shape index (κ2) is 9.22. The normalized spacial score (nSPS) is 11.4. The van der Waals surface area contributed by atoms with Gasteiger partial charge in [0.2, 0.25) is 0 Å². The first-order chi connectivity index (χ1) is 15.1. The maximum absolute atomic E-state index is 13.1. The lowest BCUT2D eigenvalue weighted by atomic mass is 10.2. The largest absolute Gasteiger partial charge is 0.339 e. The van der Waals surface area contributed by atoms with E-state index in [1.807, 2.05) is 19.9 Å². The van der Waals surface area contributed by atoms with Crippen molar-refractivity contribution in [2.75, 3.05) is 17.8 Å². The molecule has 10 heteroatoms. The number of hydrogen-bond acceptors (Lipinski definition) is 4. The van der Waals surface area contributed by atoms with Gasteiger partial charge in [-0.3, -0.25) is 19.0 Å². The van der Waals surface area contributed by atoms with E-state index in [1.54, 1.807) is 47.8 Å². The van der Waals surface area contributed by atoms with Crippen LogP contribution in [0.15, 0.2) is 58.2 Å². The number of carbonyl (C=O) groups is 1. The van der Waals surface area contributed by atoms with E-state index in [0.717, 1.165) is 0 Å². The molecule has 0 saturated carbocycles. The standard InChI is InChI=1S/C22H25ClN4O4S/c1-5-26(6-2)21(28)16-12-17(23)14-19(13-16)32(30,31)24-20-15(3)25(4)27(22(20)29)18-10-8-7-9-11-18/h7-14,24H,5-6H2,1-4H3. The summed E-state index contributed by atoms with van der Waals surface area (Å²) in [5, 5.41) is 0.106. The topological polar surface area (TPSA) is 93.4 Å². The van der Waals surface area contributed by atoms with Gasteiger partial charge in [0.1, 0.15) is 5.69 Å². The molecule has 0 fully saturated rings. The van der Waals surface area contributed by atoms with Crippen LogP contribution in [0.1, 0.15) is 29.9 Å². The Kier molecular flexibility index (Phi) is 6.80. The van der Waals surface area contributed by atoms with E-state index in [-0.39, 0.29) is 27.1 Å². The molecule has 3 aromatic rings. The molecular formula is C22H25ClN4O4S. The minimum atomic E-state index is -4.19. The number of halogens is 1. The van der Waals surface area contributed by atoms with E-state index in [4.69, 9.17) is 11.6 Å². The molecule has 1 N–H and O–H groups in total. The minimum Gasteiger partial charge on any atom is -0.339 e. The number of sulfonamides is 1. The molecule has 0 bridgehead atoms. The highest BCUT2D eigenvalue weighted by Crippen LogP contribution is 2.23. The van der Waals surface area contributed by atoms with Crippen molar-refractivity contribution in [2.24, 2.45) is 7.05 Å². The van der Waals surface area contributed by atoms with Gasteiger partial charge in [-0.15, -0.1) is 0 Å². The fourth-order valence-electron chi connectivity index (χ4n) is 3.41. The highest BCUT2D eigenvalue weighted by Gasteiger charge is 2.24. The number of carbonyl (C=O) groups excluding carboxylic acids is 1. The molecule has 1 aromatic heterocycles. The lowest BCUT2D eigenvalue weighted by Gasteiger charge is -2.19. The van der Waals surface area contributed by atoms with Crippen LogP contribution >= 0.6 is 11.6 Å². The average molecular weight is 477 g/mol. The van der Waals surface area contributed by atoms with Crippen molar-refractivity contribution in [3.05, 3.63) is 75.2 Å². The van der Waals surface area contributed by atoms with E-state index in [9.17, 15) is 18.0 Å². The summed E-state index contributed by atoms with van der Waals surface area (Å²) in [7, 11) is -2.53. The first kappa shape index (κ1) is 23.6. The second-order valence-electron chi connectivity index (χ2n) is 7.20. The van der Waals surface area contributed by atoms with E-state index < -0.39 is 15.6 Å². The molecule has 0 spiro atoms. The zero-order valence-corrected chi connectivity index (χ0v) is 19.9. The zero-order valence-electron chi connectivity index (χ0n) is 18.3. The van der Waals surface area contributed by atoms with Gasteiger partial charge in [0, 0.05) is 30.7 Å². The van der Waals surface area contributed by atoms with Gasteiger partial charge < -0.3 is 4.90 Å². The van der Waals surface area contributed by atoms with Crippen LogP contribution in [0.25, 0.3) is 5.69 Å². The van der Waals surface area contributed by atoms with Gasteiger partial charge in [-0.25, -0.2) is 13.1 Å². The van der Waals surface area contributed by atoms with E-state index >= 15 is 0 Å². The Labute approximate surface area is 192 Å². The Bertz CT molecular complexity index is 1310. The molecule has 0 aliphatic rings. The van der Waals surface area contributed by atoms with E-state index in [2.05, 4.69) is 4.72 Å². The Balaban J connectivity index is 2.05. The Morgan fingerprint density at radius 1 is 1.09 bits per heavy atom. The van der Waals surface area contributed by atoms with Gasteiger partial charge in [0.05, 0.1) is 16.3 Å². The van der Waals surface area contributed by atoms with Crippen molar-refractivity contribution < 1.29 is 13.2 Å². The maximum Gasteiger partial charge on any atom is 0.296 e. The molecule has 3 rings (SSSR count). The predicted molar refractivity (Wildman–Crippen MR) is 125 cm³/mol.